The first-order valence-electron chi connectivity index (χ1n) is 9.45. The van der Waals surface area contributed by atoms with E-state index in [4.69, 9.17) is 9.98 Å². The van der Waals surface area contributed by atoms with E-state index in [0.29, 0.717) is 16.9 Å². The number of aliphatic hydroxyl groups is 1. The van der Waals surface area contributed by atoms with Crippen molar-refractivity contribution in [3.8, 4) is 5.88 Å². The van der Waals surface area contributed by atoms with Crippen LogP contribution in [-0.4, -0.2) is 60.0 Å². The Bertz CT molecular complexity index is 1200. The summed E-state index contributed by atoms with van der Waals surface area (Å²) in [5.74, 6) is 0.522. The molecule has 10 nitrogen and oxygen atoms in total. The fourth-order valence-corrected chi connectivity index (χ4v) is 3.66. The van der Waals surface area contributed by atoms with Crippen LogP contribution in [0, 0.1) is 0 Å². The van der Waals surface area contributed by atoms with Gasteiger partial charge in [-0.05, 0) is 31.8 Å². The van der Waals surface area contributed by atoms with Crippen LogP contribution in [0.5, 0.6) is 5.88 Å². The van der Waals surface area contributed by atoms with Crippen LogP contribution in [0.3, 0.4) is 0 Å². The molecule has 0 radical (unpaired) electrons. The molecule has 10 heteroatoms. The normalized spacial score (nSPS) is 21.3. The minimum atomic E-state index is -0.485. The molecule has 1 aliphatic carbocycles. The minimum absolute atomic E-state index is 0.0455. The van der Waals surface area contributed by atoms with Gasteiger partial charge in [0.25, 0.3) is 0 Å². The number of imidazole rings is 1. The molecule has 1 saturated heterocycles. The predicted molar refractivity (Wildman–Crippen MR) is 101 cm³/mol. The summed E-state index contributed by atoms with van der Waals surface area (Å²) in [6.45, 7) is 0.912. The average Bonchev–Trinajstić information content (AvgIpc) is 3.08. The highest BCUT2D eigenvalue weighted by Crippen LogP contribution is 2.24. The third-order valence-corrected chi connectivity index (χ3v) is 5.25. The Kier molecular flexibility index (Phi) is 3.93. The van der Waals surface area contributed by atoms with Crippen molar-refractivity contribution < 1.29 is 10.2 Å². The Balaban J connectivity index is 1.72. The molecule has 146 valence electrons. The van der Waals surface area contributed by atoms with Gasteiger partial charge in [-0.15, -0.1) is 0 Å². The van der Waals surface area contributed by atoms with E-state index in [9.17, 15) is 15.0 Å². The number of nitrogens with zero attached hydrogens (tertiary/aromatic N) is 5. The van der Waals surface area contributed by atoms with Crippen molar-refractivity contribution in [3.63, 3.8) is 0 Å². The molecule has 1 saturated carbocycles. The summed E-state index contributed by atoms with van der Waals surface area (Å²) < 4.78 is 1.68. The Hall–Kier alpha value is -3.14. The van der Waals surface area contributed by atoms with Crippen LogP contribution in [0.15, 0.2) is 22.1 Å². The van der Waals surface area contributed by atoms with Crippen LogP contribution >= 0.6 is 0 Å². The summed E-state index contributed by atoms with van der Waals surface area (Å²) in [7, 11) is 0. The SMILES string of the molecule is O=c1[nH]c(O)c(C=c2cnn3c(=NC4CC4)cc(N4CCC[C@H]4CO)nc23)[nH]1. The second-order valence-corrected chi connectivity index (χ2v) is 7.33. The van der Waals surface area contributed by atoms with E-state index in [1.807, 2.05) is 6.07 Å². The molecule has 5 rings (SSSR count). The maximum atomic E-state index is 11.4. The highest BCUT2D eigenvalue weighted by atomic mass is 16.3. The van der Waals surface area contributed by atoms with E-state index in [1.54, 1.807) is 16.8 Å². The number of H-pyrrole nitrogens is 2. The van der Waals surface area contributed by atoms with E-state index >= 15 is 0 Å². The van der Waals surface area contributed by atoms with Crippen LogP contribution in [0.25, 0.3) is 11.7 Å². The summed E-state index contributed by atoms with van der Waals surface area (Å²) in [5, 5.41) is 24.6. The largest absolute Gasteiger partial charge is 0.493 e. The molecule has 0 amide bonds. The van der Waals surface area contributed by atoms with Gasteiger partial charge in [0.2, 0.25) is 5.88 Å². The Morgan fingerprint density at radius 1 is 1.32 bits per heavy atom. The quantitative estimate of drug-likeness (QED) is 0.458. The van der Waals surface area contributed by atoms with Crippen molar-refractivity contribution in [3.05, 3.63) is 39.1 Å². The van der Waals surface area contributed by atoms with Gasteiger partial charge in [0.05, 0.1) is 24.9 Å². The molecule has 3 aromatic heterocycles. The third-order valence-electron chi connectivity index (χ3n) is 5.25. The molecule has 0 aromatic carbocycles. The van der Waals surface area contributed by atoms with Gasteiger partial charge in [0.15, 0.2) is 11.1 Å². The van der Waals surface area contributed by atoms with E-state index in [0.717, 1.165) is 43.5 Å². The van der Waals surface area contributed by atoms with E-state index in [1.165, 1.54) is 0 Å². The van der Waals surface area contributed by atoms with Gasteiger partial charge in [0, 0.05) is 17.8 Å². The first kappa shape index (κ1) is 17.0. The number of aromatic nitrogens is 5. The fraction of sp³-hybridized carbons (Fsp3) is 0.444. The molecule has 0 unspecified atom stereocenters. The lowest BCUT2D eigenvalue weighted by molar-refractivity contribution is 0.266. The van der Waals surface area contributed by atoms with Gasteiger partial charge < -0.3 is 20.1 Å². The Labute approximate surface area is 158 Å². The number of aliphatic hydroxyl groups excluding tert-OH is 1. The second kappa shape index (κ2) is 6.48. The minimum Gasteiger partial charge on any atom is -0.493 e. The fourth-order valence-electron chi connectivity index (χ4n) is 3.66. The molecule has 28 heavy (non-hydrogen) atoms. The number of anilines is 1. The zero-order chi connectivity index (χ0) is 19.3. The number of hydrogen-bond donors (Lipinski definition) is 4. The zero-order valence-electron chi connectivity index (χ0n) is 15.2. The first-order chi connectivity index (χ1) is 13.6. The van der Waals surface area contributed by atoms with Gasteiger partial charge in [-0.2, -0.15) is 9.61 Å². The predicted octanol–water partition coefficient (Wildman–Crippen LogP) is -0.977. The summed E-state index contributed by atoms with van der Waals surface area (Å²) in [6, 6.07) is 2.28. The first-order valence-corrected chi connectivity index (χ1v) is 9.45. The van der Waals surface area contributed by atoms with Crippen molar-refractivity contribution in [2.45, 2.75) is 37.8 Å². The summed E-state index contributed by atoms with van der Waals surface area (Å²) >= 11 is 0. The number of rotatable bonds is 4. The lowest BCUT2D eigenvalue weighted by atomic mass is 10.2. The molecular weight excluding hydrogens is 362 g/mol. The van der Waals surface area contributed by atoms with Crippen LogP contribution in [0.4, 0.5) is 5.82 Å². The average molecular weight is 383 g/mol. The molecule has 0 spiro atoms. The van der Waals surface area contributed by atoms with Crippen molar-refractivity contribution >= 4 is 17.5 Å². The van der Waals surface area contributed by atoms with Gasteiger partial charge >= 0.3 is 5.69 Å². The lowest BCUT2D eigenvalue weighted by Crippen LogP contribution is -2.34. The molecule has 3 aromatic rings. The summed E-state index contributed by atoms with van der Waals surface area (Å²) in [4.78, 5) is 27.9. The topological polar surface area (TPSA) is 135 Å². The van der Waals surface area contributed by atoms with Gasteiger partial charge in [-0.1, -0.05) is 0 Å². The molecule has 1 atom stereocenters. The lowest BCUT2D eigenvalue weighted by Gasteiger charge is -2.24. The van der Waals surface area contributed by atoms with Gasteiger partial charge in [-0.25, -0.2) is 9.78 Å². The number of aromatic hydroxyl groups is 1. The van der Waals surface area contributed by atoms with Gasteiger partial charge in [-0.3, -0.25) is 9.98 Å². The van der Waals surface area contributed by atoms with E-state index < -0.39 is 5.69 Å². The Morgan fingerprint density at radius 3 is 2.89 bits per heavy atom. The number of aromatic amines is 2. The summed E-state index contributed by atoms with van der Waals surface area (Å²) in [6.07, 6.45) is 7.33. The van der Waals surface area contributed by atoms with Crippen molar-refractivity contribution in [2.24, 2.45) is 4.99 Å². The number of hydrogen-bond acceptors (Lipinski definition) is 7. The number of fused-ring (bicyclic) bond motifs is 1. The molecule has 4 N–H and O–H groups in total. The molecule has 2 fully saturated rings. The smallest absolute Gasteiger partial charge is 0.326 e. The van der Waals surface area contributed by atoms with Crippen LogP contribution in [0.2, 0.25) is 0 Å². The zero-order valence-corrected chi connectivity index (χ0v) is 15.2. The second-order valence-electron chi connectivity index (χ2n) is 7.33. The molecule has 0 bridgehead atoms. The summed E-state index contributed by atoms with van der Waals surface area (Å²) in [5.41, 5.74) is 1.09. The molecular formula is C18H21N7O3. The Morgan fingerprint density at radius 2 is 2.18 bits per heavy atom. The number of nitrogens with one attached hydrogen (secondary N) is 2. The molecule has 1 aliphatic heterocycles. The van der Waals surface area contributed by atoms with Crippen LogP contribution < -0.4 is 21.3 Å². The molecule has 4 heterocycles. The molecule has 2 aliphatic rings. The van der Waals surface area contributed by atoms with E-state index in [-0.39, 0.29) is 24.2 Å². The third kappa shape index (κ3) is 2.95. The highest BCUT2D eigenvalue weighted by molar-refractivity contribution is 5.58. The monoisotopic (exact) mass is 383 g/mol. The highest BCUT2D eigenvalue weighted by Gasteiger charge is 2.26. The maximum Gasteiger partial charge on any atom is 0.326 e. The van der Waals surface area contributed by atoms with Crippen molar-refractivity contribution in [2.75, 3.05) is 18.1 Å². The maximum absolute atomic E-state index is 11.4. The van der Waals surface area contributed by atoms with Crippen LogP contribution in [-0.2, 0) is 0 Å². The van der Waals surface area contributed by atoms with Crippen molar-refractivity contribution in [1.29, 1.82) is 0 Å². The van der Waals surface area contributed by atoms with Crippen molar-refractivity contribution in [1.82, 2.24) is 24.6 Å². The van der Waals surface area contributed by atoms with Gasteiger partial charge in [0.1, 0.15) is 11.5 Å². The van der Waals surface area contributed by atoms with Crippen LogP contribution in [0.1, 0.15) is 31.4 Å². The standard InChI is InChI=1S/C18H21N7O3/c26-9-12-2-1-5-24(12)14-7-15(20-11-3-4-11)25-16(22-14)10(8-19-25)6-13-17(27)23-18(28)21-13/h6-8,11-12,26-27H,1-5,9H2,(H2,21,23,28)/t12-/m0/s1. The van der Waals surface area contributed by atoms with E-state index in [2.05, 4.69) is 20.0 Å².